The Morgan fingerprint density at radius 1 is 0.875 bits per heavy atom. The van der Waals surface area contributed by atoms with Crippen LogP contribution >= 0.6 is 0 Å². The Bertz CT molecular complexity index is 740. The van der Waals surface area contributed by atoms with Crippen LogP contribution in [0, 0.1) is 0 Å². The lowest BCUT2D eigenvalue weighted by atomic mass is 10.3. The SMILES string of the molecule is CCOc1ccccc1OS(=O)(=O)c1ccc(OCCOC)cc1. The maximum atomic E-state index is 12.4. The molecular formula is C17H20O6S. The van der Waals surface area contributed by atoms with Crippen molar-refractivity contribution in [1.82, 2.24) is 0 Å². The Labute approximate surface area is 142 Å². The van der Waals surface area contributed by atoms with Gasteiger partial charge in [-0.15, -0.1) is 0 Å². The average molecular weight is 352 g/mol. The standard InChI is InChI=1S/C17H20O6S/c1-3-21-16-6-4-5-7-17(16)23-24(18,19)15-10-8-14(9-11-15)22-13-12-20-2/h4-11H,3,12-13H2,1-2H3. The van der Waals surface area contributed by atoms with Crippen LogP contribution in [0.15, 0.2) is 53.4 Å². The molecule has 0 aliphatic carbocycles. The van der Waals surface area contributed by atoms with Crippen LogP contribution in [0.1, 0.15) is 6.92 Å². The molecule has 0 atom stereocenters. The van der Waals surface area contributed by atoms with Crippen molar-refractivity contribution in [2.75, 3.05) is 26.9 Å². The van der Waals surface area contributed by atoms with E-state index in [0.717, 1.165) is 0 Å². The quantitative estimate of drug-likeness (QED) is 0.510. The molecule has 0 aromatic heterocycles. The van der Waals surface area contributed by atoms with Crippen LogP contribution in [0.4, 0.5) is 0 Å². The molecule has 0 saturated carbocycles. The first-order chi connectivity index (χ1) is 11.6. The molecule has 0 spiro atoms. The third-order valence-electron chi connectivity index (χ3n) is 3.02. The summed E-state index contributed by atoms with van der Waals surface area (Å²) in [5.41, 5.74) is 0. The third-order valence-corrected chi connectivity index (χ3v) is 4.27. The molecule has 0 unspecified atom stereocenters. The Morgan fingerprint density at radius 3 is 2.17 bits per heavy atom. The summed E-state index contributed by atoms with van der Waals surface area (Å²) in [6.07, 6.45) is 0. The van der Waals surface area contributed by atoms with E-state index in [1.807, 2.05) is 6.92 Å². The Balaban J connectivity index is 2.13. The fraction of sp³-hybridized carbons (Fsp3) is 0.294. The van der Waals surface area contributed by atoms with E-state index in [1.165, 1.54) is 12.1 Å². The molecule has 6 nitrogen and oxygen atoms in total. The lowest BCUT2D eigenvalue weighted by Crippen LogP contribution is -2.11. The number of rotatable bonds is 9. The number of benzene rings is 2. The smallest absolute Gasteiger partial charge is 0.339 e. The maximum absolute atomic E-state index is 12.4. The van der Waals surface area contributed by atoms with Crippen molar-refractivity contribution in [3.63, 3.8) is 0 Å². The van der Waals surface area contributed by atoms with Gasteiger partial charge in [-0.1, -0.05) is 12.1 Å². The zero-order valence-electron chi connectivity index (χ0n) is 13.6. The molecular weight excluding hydrogens is 332 g/mol. The summed E-state index contributed by atoms with van der Waals surface area (Å²) in [5, 5.41) is 0. The summed E-state index contributed by atoms with van der Waals surface area (Å²) in [7, 11) is -2.38. The van der Waals surface area contributed by atoms with Crippen molar-refractivity contribution in [2.45, 2.75) is 11.8 Å². The lowest BCUT2D eigenvalue weighted by molar-refractivity contribution is 0.146. The van der Waals surface area contributed by atoms with Gasteiger partial charge in [0.1, 0.15) is 17.3 Å². The van der Waals surface area contributed by atoms with Gasteiger partial charge in [0.15, 0.2) is 11.5 Å². The normalized spacial score (nSPS) is 11.1. The molecule has 24 heavy (non-hydrogen) atoms. The summed E-state index contributed by atoms with van der Waals surface area (Å²) in [6, 6.07) is 12.6. The van der Waals surface area contributed by atoms with E-state index in [9.17, 15) is 8.42 Å². The Hall–Kier alpha value is -2.25. The molecule has 0 N–H and O–H groups in total. The molecule has 0 fully saturated rings. The topological polar surface area (TPSA) is 71.1 Å². The number of ether oxygens (including phenoxy) is 3. The first-order valence-corrected chi connectivity index (χ1v) is 8.85. The van der Waals surface area contributed by atoms with Crippen molar-refractivity contribution in [2.24, 2.45) is 0 Å². The Kier molecular flexibility index (Phi) is 6.45. The highest BCUT2D eigenvalue weighted by molar-refractivity contribution is 7.87. The highest BCUT2D eigenvalue weighted by Crippen LogP contribution is 2.29. The van der Waals surface area contributed by atoms with Crippen molar-refractivity contribution < 1.29 is 26.8 Å². The first-order valence-electron chi connectivity index (χ1n) is 7.45. The van der Waals surface area contributed by atoms with E-state index in [-0.39, 0.29) is 10.6 Å². The van der Waals surface area contributed by atoms with Crippen molar-refractivity contribution >= 4 is 10.1 Å². The number of para-hydroxylation sites is 2. The van der Waals surface area contributed by atoms with Crippen LogP contribution in [0.2, 0.25) is 0 Å². The fourth-order valence-electron chi connectivity index (χ4n) is 1.91. The summed E-state index contributed by atoms with van der Waals surface area (Å²) >= 11 is 0. The molecule has 2 aromatic rings. The van der Waals surface area contributed by atoms with Crippen LogP contribution in [0.3, 0.4) is 0 Å². The zero-order chi connectivity index (χ0) is 17.4. The van der Waals surface area contributed by atoms with Gasteiger partial charge in [-0.25, -0.2) is 0 Å². The van der Waals surface area contributed by atoms with E-state index in [2.05, 4.69) is 0 Å². The van der Waals surface area contributed by atoms with E-state index < -0.39 is 10.1 Å². The zero-order valence-corrected chi connectivity index (χ0v) is 14.4. The second-order valence-electron chi connectivity index (χ2n) is 4.73. The van der Waals surface area contributed by atoms with Gasteiger partial charge in [0.2, 0.25) is 0 Å². The lowest BCUT2D eigenvalue weighted by Gasteiger charge is -2.12. The minimum absolute atomic E-state index is 0.0351. The first kappa shape index (κ1) is 18.1. The fourth-order valence-corrected chi connectivity index (χ4v) is 2.85. The van der Waals surface area contributed by atoms with Gasteiger partial charge >= 0.3 is 10.1 Å². The molecule has 0 aliphatic heterocycles. The van der Waals surface area contributed by atoms with Crippen LogP contribution in [-0.2, 0) is 14.9 Å². The molecule has 0 aliphatic rings. The second-order valence-corrected chi connectivity index (χ2v) is 6.28. The van der Waals surface area contributed by atoms with Gasteiger partial charge in [-0.2, -0.15) is 8.42 Å². The molecule has 0 amide bonds. The van der Waals surface area contributed by atoms with Gasteiger partial charge in [0, 0.05) is 7.11 Å². The highest BCUT2D eigenvalue weighted by atomic mass is 32.2. The molecule has 0 radical (unpaired) electrons. The van der Waals surface area contributed by atoms with Gasteiger partial charge in [0.25, 0.3) is 0 Å². The van der Waals surface area contributed by atoms with Gasteiger partial charge in [-0.3, -0.25) is 0 Å². The number of hydrogen-bond acceptors (Lipinski definition) is 6. The van der Waals surface area contributed by atoms with E-state index >= 15 is 0 Å². The van der Waals surface area contributed by atoms with Crippen LogP contribution in [0.25, 0.3) is 0 Å². The molecule has 130 valence electrons. The summed E-state index contributed by atoms with van der Waals surface area (Å²) < 4.78 is 45.6. The minimum atomic E-state index is -3.96. The van der Waals surface area contributed by atoms with Crippen LogP contribution in [0.5, 0.6) is 17.2 Å². The summed E-state index contributed by atoms with van der Waals surface area (Å²) in [6.45, 7) is 3.07. The monoisotopic (exact) mass is 352 g/mol. The summed E-state index contributed by atoms with van der Waals surface area (Å²) in [5.74, 6) is 1.09. The van der Waals surface area contributed by atoms with Crippen LogP contribution in [-0.4, -0.2) is 35.3 Å². The molecule has 0 heterocycles. The predicted molar refractivity (Wildman–Crippen MR) is 89.2 cm³/mol. The molecule has 0 bridgehead atoms. The van der Waals surface area contributed by atoms with Crippen LogP contribution < -0.4 is 13.7 Å². The predicted octanol–water partition coefficient (Wildman–Crippen LogP) is 2.88. The van der Waals surface area contributed by atoms with E-state index in [4.69, 9.17) is 18.4 Å². The minimum Gasteiger partial charge on any atom is -0.491 e. The van der Waals surface area contributed by atoms with E-state index in [1.54, 1.807) is 43.5 Å². The van der Waals surface area contributed by atoms with Gasteiger partial charge in [0.05, 0.1) is 13.2 Å². The van der Waals surface area contributed by atoms with Crippen molar-refractivity contribution in [3.8, 4) is 17.2 Å². The van der Waals surface area contributed by atoms with E-state index in [0.29, 0.717) is 31.3 Å². The number of hydrogen-bond donors (Lipinski definition) is 0. The second kappa shape index (κ2) is 8.56. The summed E-state index contributed by atoms with van der Waals surface area (Å²) in [4.78, 5) is 0.0351. The van der Waals surface area contributed by atoms with Crippen molar-refractivity contribution in [3.05, 3.63) is 48.5 Å². The average Bonchev–Trinajstić information content (AvgIpc) is 2.57. The highest BCUT2D eigenvalue weighted by Gasteiger charge is 2.19. The number of methoxy groups -OCH3 is 1. The van der Waals surface area contributed by atoms with Gasteiger partial charge in [-0.05, 0) is 43.3 Å². The molecule has 0 saturated heterocycles. The molecule has 2 rings (SSSR count). The van der Waals surface area contributed by atoms with Crippen molar-refractivity contribution in [1.29, 1.82) is 0 Å². The molecule has 2 aromatic carbocycles. The Morgan fingerprint density at radius 2 is 1.54 bits per heavy atom. The van der Waals surface area contributed by atoms with Gasteiger partial charge < -0.3 is 18.4 Å². The largest absolute Gasteiger partial charge is 0.491 e. The maximum Gasteiger partial charge on any atom is 0.339 e. The third kappa shape index (κ3) is 4.87. The molecule has 7 heteroatoms.